The molecule has 0 bridgehead atoms. The van der Waals surface area contributed by atoms with Crippen molar-refractivity contribution < 1.29 is 9.59 Å². The van der Waals surface area contributed by atoms with Gasteiger partial charge in [0.1, 0.15) is 11.4 Å². The highest BCUT2D eigenvalue weighted by Crippen LogP contribution is 2.12. The highest BCUT2D eigenvalue weighted by molar-refractivity contribution is 5.96. The molecule has 1 atom stereocenters. The maximum atomic E-state index is 12.2. The molecule has 2 amide bonds. The normalized spacial score (nSPS) is 16.0. The van der Waals surface area contributed by atoms with Gasteiger partial charge in [0.25, 0.3) is 11.8 Å². The third-order valence-electron chi connectivity index (χ3n) is 3.58. The van der Waals surface area contributed by atoms with Crippen LogP contribution in [0.2, 0.25) is 0 Å². The number of likely N-dealkylation sites (tertiary alicyclic amines) is 1. The van der Waals surface area contributed by atoms with E-state index in [0.29, 0.717) is 11.4 Å². The lowest BCUT2D eigenvalue weighted by atomic mass is 10.2. The summed E-state index contributed by atoms with van der Waals surface area (Å²) < 4.78 is 0. The Bertz CT molecular complexity index is 496. The van der Waals surface area contributed by atoms with E-state index in [2.05, 4.69) is 10.3 Å². The van der Waals surface area contributed by atoms with E-state index in [1.165, 1.54) is 0 Å². The first-order valence-electron chi connectivity index (χ1n) is 7.19. The van der Waals surface area contributed by atoms with Crippen LogP contribution < -0.4 is 5.32 Å². The van der Waals surface area contributed by atoms with E-state index in [-0.39, 0.29) is 17.9 Å². The van der Waals surface area contributed by atoms with E-state index in [1.54, 1.807) is 23.1 Å². The van der Waals surface area contributed by atoms with Crippen molar-refractivity contribution in [2.24, 2.45) is 0 Å². The van der Waals surface area contributed by atoms with Gasteiger partial charge in [-0.2, -0.15) is 0 Å². The van der Waals surface area contributed by atoms with Crippen LogP contribution in [0.3, 0.4) is 0 Å². The van der Waals surface area contributed by atoms with Crippen molar-refractivity contribution in [3.05, 3.63) is 29.6 Å². The molecule has 0 radical (unpaired) electrons. The number of aromatic nitrogens is 1. The third kappa shape index (κ3) is 3.35. The highest BCUT2D eigenvalue weighted by Gasteiger charge is 2.21. The Hall–Kier alpha value is -1.91. The molecule has 1 unspecified atom stereocenters. The summed E-state index contributed by atoms with van der Waals surface area (Å²) in [6.07, 6.45) is 2.94. The van der Waals surface area contributed by atoms with Crippen molar-refractivity contribution in [2.75, 3.05) is 13.1 Å². The second kappa shape index (κ2) is 6.50. The minimum atomic E-state index is -0.226. The fraction of sp³-hybridized carbons (Fsp3) is 0.533. The van der Waals surface area contributed by atoms with Crippen LogP contribution in [0.25, 0.3) is 0 Å². The molecule has 1 aromatic heterocycles. The topological polar surface area (TPSA) is 62.3 Å². The summed E-state index contributed by atoms with van der Waals surface area (Å²) >= 11 is 0. The second-order valence-electron chi connectivity index (χ2n) is 5.19. The number of nitrogens with zero attached hydrogens (tertiary/aromatic N) is 2. The van der Waals surface area contributed by atoms with E-state index in [9.17, 15) is 9.59 Å². The predicted molar refractivity (Wildman–Crippen MR) is 76.6 cm³/mol. The predicted octanol–water partition coefficient (Wildman–Crippen LogP) is 1.85. The van der Waals surface area contributed by atoms with Crippen molar-refractivity contribution in [1.29, 1.82) is 0 Å². The maximum absolute atomic E-state index is 12.2. The SMILES string of the molecule is CCC(C)NC(=O)c1cccc(C(=O)N2CCCC2)n1. The largest absolute Gasteiger partial charge is 0.348 e. The molecule has 5 nitrogen and oxygen atoms in total. The molecule has 1 saturated heterocycles. The number of carbonyl (C=O) groups is 2. The van der Waals surface area contributed by atoms with E-state index in [4.69, 9.17) is 0 Å². The van der Waals surface area contributed by atoms with Crippen LogP contribution in [0.1, 0.15) is 54.1 Å². The van der Waals surface area contributed by atoms with Gasteiger partial charge in [-0.15, -0.1) is 0 Å². The van der Waals surface area contributed by atoms with Gasteiger partial charge in [0.15, 0.2) is 0 Å². The summed E-state index contributed by atoms with van der Waals surface area (Å²) in [6.45, 7) is 5.51. The van der Waals surface area contributed by atoms with Gasteiger partial charge in [-0.05, 0) is 38.3 Å². The van der Waals surface area contributed by atoms with Crippen LogP contribution in [0.4, 0.5) is 0 Å². The molecule has 0 spiro atoms. The summed E-state index contributed by atoms with van der Waals surface area (Å²) in [5.41, 5.74) is 0.652. The van der Waals surface area contributed by atoms with Crippen LogP contribution in [-0.4, -0.2) is 40.8 Å². The maximum Gasteiger partial charge on any atom is 0.272 e. The van der Waals surface area contributed by atoms with E-state index in [1.807, 2.05) is 13.8 Å². The molecule has 1 aliphatic rings. The van der Waals surface area contributed by atoms with Gasteiger partial charge < -0.3 is 10.2 Å². The first-order valence-corrected chi connectivity index (χ1v) is 7.19. The van der Waals surface area contributed by atoms with Crippen molar-refractivity contribution in [1.82, 2.24) is 15.2 Å². The lowest BCUT2D eigenvalue weighted by Gasteiger charge is -2.15. The molecule has 0 aliphatic carbocycles. The quantitative estimate of drug-likeness (QED) is 0.912. The van der Waals surface area contributed by atoms with Crippen LogP contribution >= 0.6 is 0 Å². The number of hydrogen-bond acceptors (Lipinski definition) is 3. The zero-order valence-corrected chi connectivity index (χ0v) is 12.1. The van der Waals surface area contributed by atoms with Gasteiger partial charge in [0, 0.05) is 19.1 Å². The van der Waals surface area contributed by atoms with Crippen LogP contribution in [-0.2, 0) is 0 Å². The molecule has 20 heavy (non-hydrogen) atoms. The first kappa shape index (κ1) is 14.5. The van der Waals surface area contributed by atoms with Gasteiger partial charge in [-0.1, -0.05) is 13.0 Å². The van der Waals surface area contributed by atoms with Gasteiger partial charge in [0.05, 0.1) is 0 Å². The highest BCUT2D eigenvalue weighted by atomic mass is 16.2. The lowest BCUT2D eigenvalue weighted by Crippen LogP contribution is -2.33. The number of nitrogens with one attached hydrogen (secondary N) is 1. The number of carbonyl (C=O) groups excluding carboxylic acids is 2. The summed E-state index contributed by atoms with van der Waals surface area (Å²) in [6, 6.07) is 5.11. The van der Waals surface area contributed by atoms with Crippen LogP contribution in [0, 0.1) is 0 Å². The van der Waals surface area contributed by atoms with Crippen molar-refractivity contribution in [3.63, 3.8) is 0 Å². The molecule has 108 valence electrons. The number of amides is 2. The molecule has 1 aromatic rings. The Morgan fingerprint density at radius 1 is 1.30 bits per heavy atom. The third-order valence-corrected chi connectivity index (χ3v) is 3.58. The molecule has 1 N–H and O–H groups in total. The summed E-state index contributed by atoms with van der Waals surface area (Å²) in [5, 5.41) is 2.86. The fourth-order valence-electron chi connectivity index (χ4n) is 2.16. The summed E-state index contributed by atoms with van der Waals surface area (Å²) in [5.74, 6) is -0.309. The minimum Gasteiger partial charge on any atom is -0.348 e. The van der Waals surface area contributed by atoms with Gasteiger partial charge in [0.2, 0.25) is 0 Å². The Balaban J connectivity index is 2.11. The Kier molecular flexibility index (Phi) is 4.71. The Morgan fingerprint density at radius 3 is 2.60 bits per heavy atom. The number of rotatable bonds is 4. The van der Waals surface area contributed by atoms with Gasteiger partial charge in [-0.3, -0.25) is 9.59 Å². The molecule has 1 fully saturated rings. The smallest absolute Gasteiger partial charge is 0.272 e. The summed E-state index contributed by atoms with van der Waals surface area (Å²) in [7, 11) is 0. The Morgan fingerprint density at radius 2 is 1.95 bits per heavy atom. The zero-order chi connectivity index (χ0) is 14.5. The monoisotopic (exact) mass is 275 g/mol. The molecule has 0 aromatic carbocycles. The van der Waals surface area contributed by atoms with Gasteiger partial charge in [-0.25, -0.2) is 4.98 Å². The van der Waals surface area contributed by atoms with E-state index in [0.717, 1.165) is 32.4 Å². The average molecular weight is 275 g/mol. The molecular weight excluding hydrogens is 254 g/mol. The van der Waals surface area contributed by atoms with Gasteiger partial charge >= 0.3 is 0 Å². The van der Waals surface area contributed by atoms with E-state index < -0.39 is 0 Å². The second-order valence-corrected chi connectivity index (χ2v) is 5.19. The van der Waals surface area contributed by atoms with Crippen molar-refractivity contribution in [2.45, 2.75) is 39.2 Å². The molecule has 5 heteroatoms. The Labute approximate surface area is 119 Å². The average Bonchev–Trinajstić information content (AvgIpc) is 3.00. The van der Waals surface area contributed by atoms with Crippen LogP contribution in [0.5, 0.6) is 0 Å². The van der Waals surface area contributed by atoms with Crippen molar-refractivity contribution in [3.8, 4) is 0 Å². The molecule has 2 rings (SSSR count). The zero-order valence-electron chi connectivity index (χ0n) is 12.1. The fourth-order valence-corrected chi connectivity index (χ4v) is 2.16. The number of hydrogen-bond donors (Lipinski definition) is 1. The van der Waals surface area contributed by atoms with E-state index >= 15 is 0 Å². The number of pyridine rings is 1. The standard InChI is InChI=1S/C15H21N3O2/c1-3-11(2)16-14(19)12-7-6-8-13(17-12)15(20)18-9-4-5-10-18/h6-8,11H,3-5,9-10H2,1-2H3,(H,16,19). The first-order chi connectivity index (χ1) is 9.61. The minimum absolute atomic E-state index is 0.0827. The molecular formula is C15H21N3O2. The van der Waals surface area contributed by atoms with Crippen LogP contribution in [0.15, 0.2) is 18.2 Å². The lowest BCUT2D eigenvalue weighted by molar-refractivity contribution is 0.0787. The molecule has 2 heterocycles. The van der Waals surface area contributed by atoms with Crippen molar-refractivity contribution >= 4 is 11.8 Å². The summed E-state index contributed by atoms with van der Waals surface area (Å²) in [4.78, 5) is 30.2. The molecule has 1 aliphatic heterocycles. The molecule has 0 saturated carbocycles.